The summed E-state index contributed by atoms with van der Waals surface area (Å²) < 4.78 is 2.10. The molecule has 1 aliphatic rings. The molecule has 3 aromatic rings. The molecule has 1 aromatic carbocycles. The second kappa shape index (κ2) is 6.55. The van der Waals surface area contributed by atoms with Gasteiger partial charge in [-0.25, -0.2) is 4.98 Å². The largest absolute Gasteiger partial charge is 0.348 e. The molecular weight excluding hydrogens is 336 g/mol. The number of para-hydroxylation sites is 1. The molecule has 1 N–H and O–H groups in total. The van der Waals surface area contributed by atoms with Crippen molar-refractivity contribution in [3.63, 3.8) is 0 Å². The lowest BCUT2D eigenvalue weighted by Gasteiger charge is -2.31. The summed E-state index contributed by atoms with van der Waals surface area (Å²) in [5, 5.41) is 0. The predicted molar refractivity (Wildman–Crippen MR) is 108 cm³/mol. The van der Waals surface area contributed by atoms with Gasteiger partial charge in [-0.1, -0.05) is 12.1 Å². The molecule has 4 rings (SSSR count). The van der Waals surface area contributed by atoms with Crippen molar-refractivity contribution >= 4 is 16.9 Å². The maximum Gasteiger partial charge on any atom is 0.255 e. The van der Waals surface area contributed by atoms with E-state index < -0.39 is 0 Å². The number of hydrogen-bond donors (Lipinski definition) is 1. The van der Waals surface area contributed by atoms with Gasteiger partial charge in [0.05, 0.1) is 16.6 Å². The summed E-state index contributed by atoms with van der Waals surface area (Å²) in [6.07, 6.45) is 5.86. The van der Waals surface area contributed by atoms with E-state index in [4.69, 9.17) is 4.98 Å². The van der Waals surface area contributed by atoms with Gasteiger partial charge in [-0.05, 0) is 58.2 Å². The highest BCUT2D eigenvalue weighted by atomic mass is 16.2. The van der Waals surface area contributed by atoms with Crippen LogP contribution in [-0.4, -0.2) is 38.4 Å². The monoisotopic (exact) mass is 364 g/mol. The Kier molecular flexibility index (Phi) is 4.33. The summed E-state index contributed by atoms with van der Waals surface area (Å²) in [6.45, 7) is 10.1. The molecule has 0 atom stereocenters. The summed E-state index contributed by atoms with van der Waals surface area (Å²) in [5.74, 6) is 1.59. The predicted octanol–water partition coefficient (Wildman–Crippen LogP) is 4.45. The highest BCUT2D eigenvalue weighted by Crippen LogP contribution is 2.29. The lowest BCUT2D eigenvalue weighted by molar-refractivity contribution is 0.0711. The molecule has 0 aliphatic carbocycles. The van der Waals surface area contributed by atoms with Gasteiger partial charge in [-0.2, -0.15) is 0 Å². The number of carbonyl (C=O) groups excluding carboxylic acids is 1. The molecule has 0 radical (unpaired) electrons. The molecule has 1 amide bonds. The number of amides is 1. The number of fused-ring (bicyclic) bond motifs is 1. The Morgan fingerprint density at radius 3 is 2.56 bits per heavy atom. The zero-order valence-corrected chi connectivity index (χ0v) is 16.6. The molecule has 1 saturated heterocycles. The van der Waals surface area contributed by atoms with E-state index in [1.54, 1.807) is 0 Å². The topological polar surface area (TPSA) is 53.9 Å². The lowest BCUT2D eigenvalue weighted by atomic mass is 9.96. The van der Waals surface area contributed by atoms with Gasteiger partial charge >= 0.3 is 0 Å². The van der Waals surface area contributed by atoms with E-state index in [1.807, 2.05) is 23.4 Å². The fraction of sp³-hybridized carbons (Fsp3) is 0.455. The van der Waals surface area contributed by atoms with Crippen LogP contribution in [0.4, 0.5) is 0 Å². The third-order valence-electron chi connectivity index (χ3n) is 5.62. The first kappa shape index (κ1) is 17.8. The zero-order chi connectivity index (χ0) is 19.2. The van der Waals surface area contributed by atoms with E-state index >= 15 is 0 Å². The van der Waals surface area contributed by atoms with Crippen LogP contribution in [0.3, 0.4) is 0 Å². The van der Waals surface area contributed by atoms with Gasteiger partial charge in [0.1, 0.15) is 5.82 Å². The molecule has 0 unspecified atom stereocenters. The van der Waals surface area contributed by atoms with Crippen LogP contribution in [0.1, 0.15) is 61.3 Å². The van der Waals surface area contributed by atoms with Crippen molar-refractivity contribution in [3.05, 3.63) is 53.6 Å². The Hall–Kier alpha value is -2.56. The fourth-order valence-electron chi connectivity index (χ4n) is 3.87. The van der Waals surface area contributed by atoms with Crippen molar-refractivity contribution < 1.29 is 4.79 Å². The van der Waals surface area contributed by atoms with Gasteiger partial charge in [0.25, 0.3) is 5.91 Å². The molecule has 2 aromatic heterocycles. The van der Waals surface area contributed by atoms with Crippen LogP contribution in [0.5, 0.6) is 0 Å². The Morgan fingerprint density at radius 1 is 1.19 bits per heavy atom. The maximum absolute atomic E-state index is 12.9. The number of nitrogens with one attached hydrogen (secondary N) is 1. The first-order valence-corrected chi connectivity index (χ1v) is 9.76. The molecule has 0 saturated carbocycles. The number of benzene rings is 1. The van der Waals surface area contributed by atoms with Crippen LogP contribution in [0.15, 0.2) is 36.7 Å². The summed E-state index contributed by atoms with van der Waals surface area (Å²) in [6, 6.07) is 8.17. The van der Waals surface area contributed by atoms with Crippen LogP contribution < -0.4 is 0 Å². The number of aromatic amines is 1. The van der Waals surface area contributed by atoms with E-state index in [9.17, 15) is 4.79 Å². The summed E-state index contributed by atoms with van der Waals surface area (Å²) >= 11 is 0. The average molecular weight is 364 g/mol. The summed E-state index contributed by atoms with van der Waals surface area (Å²) in [4.78, 5) is 23.2. The van der Waals surface area contributed by atoms with Gasteiger partial charge in [0, 0.05) is 36.9 Å². The van der Waals surface area contributed by atoms with Crippen molar-refractivity contribution in [1.29, 1.82) is 0 Å². The minimum atomic E-state index is -0.00898. The van der Waals surface area contributed by atoms with Crippen LogP contribution >= 0.6 is 0 Å². The maximum atomic E-state index is 12.9. The molecule has 0 spiro atoms. The SMILES string of the molecule is Cc1cccc2[nH]c(C3CCN(C(=O)c4ccn(C(C)(C)C)c4)CC3)nc12. The number of imidazole rings is 1. The third-order valence-corrected chi connectivity index (χ3v) is 5.62. The highest BCUT2D eigenvalue weighted by molar-refractivity contribution is 5.94. The smallest absolute Gasteiger partial charge is 0.255 e. The summed E-state index contributed by atoms with van der Waals surface area (Å²) in [5.41, 5.74) is 4.14. The standard InChI is InChI=1S/C22H28N4O/c1-15-6-5-7-18-19(15)24-20(23-18)16-8-11-25(12-9-16)21(27)17-10-13-26(14-17)22(2,3)4/h5-7,10,13-14,16H,8-9,11-12H2,1-4H3,(H,23,24). The van der Waals surface area contributed by atoms with E-state index in [0.29, 0.717) is 5.92 Å². The van der Waals surface area contributed by atoms with Crippen molar-refractivity contribution in [1.82, 2.24) is 19.4 Å². The molecule has 5 nitrogen and oxygen atoms in total. The van der Waals surface area contributed by atoms with Gasteiger partial charge in [-0.15, -0.1) is 0 Å². The number of aromatic nitrogens is 3. The molecule has 1 aliphatic heterocycles. The van der Waals surface area contributed by atoms with Crippen LogP contribution in [0.2, 0.25) is 0 Å². The van der Waals surface area contributed by atoms with Crippen LogP contribution in [0.25, 0.3) is 11.0 Å². The molecule has 5 heteroatoms. The van der Waals surface area contributed by atoms with Gasteiger partial charge in [-0.3, -0.25) is 4.79 Å². The van der Waals surface area contributed by atoms with Crippen LogP contribution in [-0.2, 0) is 5.54 Å². The highest BCUT2D eigenvalue weighted by Gasteiger charge is 2.27. The van der Waals surface area contributed by atoms with E-state index in [2.05, 4.69) is 55.4 Å². The number of likely N-dealkylation sites (tertiary alicyclic amines) is 1. The second-order valence-electron chi connectivity index (χ2n) is 8.64. The summed E-state index contributed by atoms with van der Waals surface area (Å²) in [7, 11) is 0. The lowest BCUT2D eigenvalue weighted by Crippen LogP contribution is -2.38. The van der Waals surface area contributed by atoms with Crippen molar-refractivity contribution in [2.75, 3.05) is 13.1 Å². The van der Waals surface area contributed by atoms with Gasteiger partial charge in [0.2, 0.25) is 0 Å². The minimum absolute atomic E-state index is 0.00898. The van der Waals surface area contributed by atoms with Crippen molar-refractivity contribution in [2.45, 2.75) is 52.0 Å². The molecule has 0 bridgehead atoms. The van der Waals surface area contributed by atoms with Gasteiger partial charge < -0.3 is 14.5 Å². The quantitative estimate of drug-likeness (QED) is 0.730. The van der Waals surface area contributed by atoms with Gasteiger partial charge in [0.15, 0.2) is 0 Å². The number of H-pyrrole nitrogens is 1. The minimum Gasteiger partial charge on any atom is -0.348 e. The Morgan fingerprint density at radius 2 is 1.93 bits per heavy atom. The van der Waals surface area contributed by atoms with Crippen LogP contribution in [0, 0.1) is 6.92 Å². The number of hydrogen-bond acceptors (Lipinski definition) is 2. The average Bonchev–Trinajstić information content (AvgIpc) is 3.29. The van der Waals surface area contributed by atoms with E-state index in [-0.39, 0.29) is 11.4 Å². The number of aryl methyl sites for hydroxylation is 1. The Labute approximate surface area is 160 Å². The van der Waals surface area contributed by atoms with Crippen molar-refractivity contribution in [3.8, 4) is 0 Å². The molecule has 142 valence electrons. The molecule has 1 fully saturated rings. The van der Waals surface area contributed by atoms with E-state index in [1.165, 1.54) is 5.56 Å². The zero-order valence-electron chi connectivity index (χ0n) is 16.6. The third kappa shape index (κ3) is 3.38. The Balaban J connectivity index is 1.44. The fourth-order valence-corrected chi connectivity index (χ4v) is 3.87. The second-order valence-corrected chi connectivity index (χ2v) is 8.64. The number of piperidine rings is 1. The normalized spacial score (nSPS) is 16.2. The first-order valence-electron chi connectivity index (χ1n) is 9.76. The molecule has 3 heterocycles. The number of nitrogens with zero attached hydrogens (tertiary/aromatic N) is 3. The Bertz CT molecular complexity index is 968. The molecule has 27 heavy (non-hydrogen) atoms. The number of carbonyl (C=O) groups is 1. The number of rotatable bonds is 2. The first-order chi connectivity index (χ1) is 12.8. The molecular formula is C22H28N4O. The van der Waals surface area contributed by atoms with E-state index in [0.717, 1.165) is 48.4 Å². The van der Waals surface area contributed by atoms with Crippen molar-refractivity contribution in [2.24, 2.45) is 0 Å².